The molecule has 0 spiro atoms. The number of halogens is 4. The van der Waals surface area contributed by atoms with Gasteiger partial charge in [-0.1, -0.05) is 12.1 Å². The summed E-state index contributed by atoms with van der Waals surface area (Å²) in [6.45, 7) is -0.0300. The number of pyridine rings is 1. The van der Waals surface area contributed by atoms with Crippen molar-refractivity contribution in [2.75, 3.05) is 7.11 Å². The lowest BCUT2D eigenvalue weighted by atomic mass is 10.1. The molecule has 34 heavy (non-hydrogen) atoms. The molecular weight excluding hydrogens is 456 g/mol. The Balaban J connectivity index is 1.70. The highest BCUT2D eigenvalue weighted by Crippen LogP contribution is 2.36. The number of nitrogens with zero attached hydrogens (tertiary/aromatic N) is 2. The molecule has 3 N–H and O–H groups in total. The van der Waals surface area contributed by atoms with Crippen molar-refractivity contribution in [3.05, 3.63) is 77.1 Å². The topological polar surface area (TPSA) is 103 Å². The number of benzene rings is 2. The summed E-state index contributed by atoms with van der Waals surface area (Å²) < 4.78 is 63.4. The first-order valence-electron chi connectivity index (χ1n) is 9.99. The van der Waals surface area contributed by atoms with Crippen LogP contribution in [0.25, 0.3) is 22.4 Å². The maximum atomic E-state index is 13.2. The summed E-state index contributed by atoms with van der Waals surface area (Å²) in [5, 5.41) is 2.94. The van der Waals surface area contributed by atoms with Crippen LogP contribution in [0.4, 0.5) is 17.6 Å². The van der Waals surface area contributed by atoms with Crippen molar-refractivity contribution in [2.45, 2.75) is 19.3 Å². The molecule has 7 nitrogen and oxygen atoms in total. The number of alkyl halides is 3. The van der Waals surface area contributed by atoms with Gasteiger partial charge >= 0.3 is 6.18 Å². The van der Waals surface area contributed by atoms with Gasteiger partial charge in [-0.15, -0.1) is 0 Å². The van der Waals surface area contributed by atoms with Crippen LogP contribution in [-0.4, -0.2) is 23.0 Å². The molecule has 1 amide bonds. The summed E-state index contributed by atoms with van der Waals surface area (Å²) in [4.78, 5) is 20.7. The number of rotatable bonds is 6. The van der Waals surface area contributed by atoms with Gasteiger partial charge in [0, 0.05) is 17.5 Å². The second kappa shape index (κ2) is 9.10. The molecule has 0 bridgehead atoms. The van der Waals surface area contributed by atoms with E-state index in [0.717, 1.165) is 6.07 Å². The van der Waals surface area contributed by atoms with Gasteiger partial charge in [-0.3, -0.25) is 4.79 Å². The molecule has 0 aliphatic carbocycles. The van der Waals surface area contributed by atoms with Crippen molar-refractivity contribution in [3.8, 4) is 17.2 Å². The first-order valence-corrected chi connectivity index (χ1v) is 9.99. The van der Waals surface area contributed by atoms with E-state index >= 15 is 0 Å². The Morgan fingerprint density at radius 1 is 1.09 bits per heavy atom. The summed E-state index contributed by atoms with van der Waals surface area (Å²) in [7, 11) is 1.32. The molecule has 2 heterocycles. The summed E-state index contributed by atoms with van der Waals surface area (Å²) >= 11 is 0. The number of nitrogens with two attached hydrogens (primary N) is 1. The second-order valence-electron chi connectivity index (χ2n) is 7.21. The molecule has 0 fully saturated rings. The van der Waals surface area contributed by atoms with Crippen LogP contribution in [0, 0.1) is 5.82 Å². The van der Waals surface area contributed by atoms with Crippen LogP contribution >= 0.6 is 0 Å². The zero-order valence-electron chi connectivity index (χ0n) is 17.7. The summed E-state index contributed by atoms with van der Waals surface area (Å²) in [5.74, 6) is -0.759. The Morgan fingerprint density at radius 2 is 1.82 bits per heavy atom. The summed E-state index contributed by atoms with van der Waals surface area (Å²) in [5.41, 5.74) is 5.51. The highest BCUT2D eigenvalue weighted by molar-refractivity contribution is 5.98. The quantitative estimate of drug-likeness (QED) is 0.401. The Labute approximate surface area is 190 Å². The van der Waals surface area contributed by atoms with E-state index in [0.29, 0.717) is 11.1 Å². The van der Waals surface area contributed by atoms with Crippen LogP contribution in [0.5, 0.6) is 5.75 Å². The lowest BCUT2D eigenvalue weighted by Crippen LogP contribution is -2.24. The van der Waals surface area contributed by atoms with Crippen molar-refractivity contribution < 1.29 is 31.5 Å². The third kappa shape index (κ3) is 4.55. The molecule has 0 unspecified atom stereocenters. The number of nitrogens with one attached hydrogen (secondary N) is 1. The second-order valence-corrected chi connectivity index (χ2v) is 7.21. The first-order chi connectivity index (χ1) is 16.2. The van der Waals surface area contributed by atoms with Crippen molar-refractivity contribution >= 4 is 16.8 Å². The molecule has 0 aliphatic heterocycles. The van der Waals surface area contributed by atoms with E-state index in [-0.39, 0.29) is 47.1 Å². The number of amides is 1. The number of hydrogen-bond acceptors (Lipinski definition) is 6. The lowest BCUT2D eigenvalue weighted by molar-refractivity contribution is -0.140. The van der Waals surface area contributed by atoms with Gasteiger partial charge in [0.05, 0.1) is 13.7 Å². The minimum atomic E-state index is -4.64. The molecular formula is C23H18F4N4O3. The minimum absolute atomic E-state index is 0.0124. The van der Waals surface area contributed by atoms with Crippen molar-refractivity contribution in [1.29, 1.82) is 0 Å². The molecule has 11 heteroatoms. The fourth-order valence-electron chi connectivity index (χ4n) is 3.35. The van der Waals surface area contributed by atoms with Crippen molar-refractivity contribution in [1.82, 2.24) is 15.3 Å². The minimum Gasteiger partial charge on any atom is -0.494 e. The van der Waals surface area contributed by atoms with Crippen LogP contribution in [0.15, 0.2) is 52.9 Å². The number of carbonyl (C=O) groups excluding carboxylic acids is 1. The van der Waals surface area contributed by atoms with Gasteiger partial charge in [0.15, 0.2) is 11.5 Å². The SMILES string of the molecule is COc1ccc(-c2nc(C(=O)NCc3ccc(F)cc3)c(CN)o2)c2ccc(C(F)(F)F)nc12. The molecule has 0 atom stereocenters. The Morgan fingerprint density at radius 3 is 2.47 bits per heavy atom. The first kappa shape index (κ1) is 23.2. The number of ether oxygens (including phenoxy) is 1. The lowest BCUT2D eigenvalue weighted by Gasteiger charge is -2.11. The van der Waals surface area contributed by atoms with Gasteiger partial charge in [-0.25, -0.2) is 14.4 Å². The largest absolute Gasteiger partial charge is 0.494 e. The Hall–Kier alpha value is -3.99. The molecule has 0 radical (unpaired) electrons. The van der Waals surface area contributed by atoms with Crippen molar-refractivity contribution in [3.63, 3.8) is 0 Å². The molecule has 2 aromatic carbocycles. The van der Waals surface area contributed by atoms with E-state index in [4.69, 9.17) is 14.9 Å². The van der Waals surface area contributed by atoms with E-state index in [1.807, 2.05) is 0 Å². The van der Waals surface area contributed by atoms with Gasteiger partial charge in [0.25, 0.3) is 5.91 Å². The Bertz CT molecular complexity index is 1350. The monoisotopic (exact) mass is 474 g/mol. The zero-order chi connectivity index (χ0) is 24.5. The number of carbonyl (C=O) groups is 1. The summed E-state index contributed by atoms with van der Waals surface area (Å²) in [6.07, 6.45) is -4.64. The van der Waals surface area contributed by atoms with E-state index in [9.17, 15) is 22.4 Å². The molecule has 0 saturated heterocycles. The van der Waals surface area contributed by atoms with E-state index in [1.165, 1.54) is 43.5 Å². The van der Waals surface area contributed by atoms with Gasteiger partial charge in [0.2, 0.25) is 5.89 Å². The number of methoxy groups -OCH3 is 1. The van der Waals surface area contributed by atoms with Crippen LogP contribution in [0.1, 0.15) is 27.5 Å². The standard InChI is InChI=1S/C23H18F4N4O3/c1-33-16-8-6-15(14-7-9-18(23(25,26)27)30-19(14)16)22-31-20(17(10-28)34-22)21(32)29-11-12-2-4-13(24)5-3-12/h2-9H,10-11,28H2,1H3,(H,29,32). The highest BCUT2D eigenvalue weighted by atomic mass is 19.4. The molecule has 0 saturated carbocycles. The molecule has 4 rings (SSSR count). The number of hydrogen-bond donors (Lipinski definition) is 2. The predicted molar refractivity (Wildman–Crippen MR) is 114 cm³/mol. The van der Waals surface area contributed by atoms with Crippen LogP contribution < -0.4 is 15.8 Å². The van der Waals surface area contributed by atoms with Gasteiger partial charge in [0.1, 0.15) is 22.8 Å². The van der Waals surface area contributed by atoms with Gasteiger partial charge in [-0.2, -0.15) is 13.2 Å². The smallest absolute Gasteiger partial charge is 0.433 e. The maximum absolute atomic E-state index is 13.2. The average molecular weight is 474 g/mol. The van der Waals surface area contributed by atoms with Gasteiger partial charge in [-0.05, 0) is 42.0 Å². The number of oxazole rings is 1. The highest BCUT2D eigenvalue weighted by Gasteiger charge is 2.33. The van der Waals surface area contributed by atoms with Crippen LogP contribution in [0.3, 0.4) is 0 Å². The normalized spacial score (nSPS) is 11.6. The number of fused-ring (bicyclic) bond motifs is 1. The van der Waals surface area contributed by atoms with Crippen LogP contribution in [-0.2, 0) is 19.3 Å². The fourth-order valence-corrected chi connectivity index (χ4v) is 3.35. The number of aromatic nitrogens is 2. The fraction of sp³-hybridized carbons (Fsp3) is 0.174. The molecule has 2 aromatic heterocycles. The van der Waals surface area contributed by atoms with E-state index in [2.05, 4.69) is 15.3 Å². The molecule has 4 aromatic rings. The van der Waals surface area contributed by atoms with E-state index in [1.54, 1.807) is 6.07 Å². The third-order valence-electron chi connectivity index (χ3n) is 5.03. The molecule has 0 aliphatic rings. The average Bonchev–Trinajstić information content (AvgIpc) is 3.26. The summed E-state index contributed by atoms with van der Waals surface area (Å²) in [6, 6.07) is 10.7. The predicted octanol–water partition coefficient (Wildman–Crippen LogP) is 4.45. The van der Waals surface area contributed by atoms with Crippen molar-refractivity contribution in [2.24, 2.45) is 5.73 Å². The third-order valence-corrected chi connectivity index (χ3v) is 5.03. The Kier molecular flexibility index (Phi) is 6.20. The van der Waals surface area contributed by atoms with Gasteiger partial charge < -0.3 is 20.2 Å². The maximum Gasteiger partial charge on any atom is 0.433 e. The van der Waals surface area contributed by atoms with E-state index < -0.39 is 23.6 Å². The van der Waals surface area contributed by atoms with Crippen LogP contribution in [0.2, 0.25) is 0 Å². The molecule has 176 valence electrons. The zero-order valence-corrected chi connectivity index (χ0v) is 17.7.